The molecular weight excluding hydrogens is 254 g/mol. The van der Waals surface area contributed by atoms with Crippen LogP contribution in [0, 0.1) is 11.6 Å². The Balaban J connectivity index is 2.68. The van der Waals surface area contributed by atoms with E-state index in [1.807, 2.05) is 0 Å². The molecule has 0 aromatic heterocycles. The molecular formula is C14H10F2O3. The highest BCUT2D eigenvalue weighted by molar-refractivity contribution is 5.90. The Hall–Kier alpha value is -2.43. The fourth-order valence-electron chi connectivity index (χ4n) is 1.74. The van der Waals surface area contributed by atoms with Crippen LogP contribution in [-0.4, -0.2) is 18.2 Å². The maximum Gasteiger partial charge on any atom is 0.338 e. The zero-order valence-electron chi connectivity index (χ0n) is 9.98. The molecule has 2 aromatic carbocycles. The molecule has 0 radical (unpaired) electrons. The van der Waals surface area contributed by atoms with Crippen LogP contribution in [0.1, 0.15) is 10.4 Å². The largest absolute Gasteiger partial charge is 0.497 e. The van der Waals surface area contributed by atoms with E-state index in [1.165, 1.54) is 31.4 Å². The molecule has 3 nitrogen and oxygen atoms in total. The molecule has 0 aliphatic rings. The lowest BCUT2D eigenvalue weighted by molar-refractivity contribution is 0.0691. The number of carbonyl (C=O) groups is 1. The third-order valence-corrected chi connectivity index (χ3v) is 2.65. The van der Waals surface area contributed by atoms with Gasteiger partial charge in [0.1, 0.15) is 17.4 Å². The van der Waals surface area contributed by atoms with Gasteiger partial charge in [0.15, 0.2) is 0 Å². The van der Waals surface area contributed by atoms with Crippen LogP contribution in [0.5, 0.6) is 5.75 Å². The molecule has 0 bridgehead atoms. The van der Waals surface area contributed by atoms with Crippen LogP contribution >= 0.6 is 0 Å². The van der Waals surface area contributed by atoms with E-state index in [4.69, 9.17) is 9.84 Å². The average molecular weight is 264 g/mol. The van der Waals surface area contributed by atoms with E-state index in [-0.39, 0.29) is 16.9 Å². The summed E-state index contributed by atoms with van der Waals surface area (Å²) in [5.74, 6) is -2.66. The normalized spacial score (nSPS) is 10.3. The van der Waals surface area contributed by atoms with Gasteiger partial charge in [-0.25, -0.2) is 13.6 Å². The predicted molar refractivity (Wildman–Crippen MR) is 65.3 cm³/mol. The minimum atomic E-state index is -1.41. The van der Waals surface area contributed by atoms with Gasteiger partial charge in [-0.2, -0.15) is 0 Å². The highest BCUT2D eigenvalue weighted by Crippen LogP contribution is 2.30. The zero-order valence-corrected chi connectivity index (χ0v) is 9.98. The maximum atomic E-state index is 14.1. The Morgan fingerprint density at radius 2 is 1.95 bits per heavy atom. The Morgan fingerprint density at radius 3 is 2.53 bits per heavy atom. The van der Waals surface area contributed by atoms with Crippen LogP contribution in [0.2, 0.25) is 0 Å². The highest BCUT2D eigenvalue weighted by atomic mass is 19.1. The van der Waals surface area contributed by atoms with Gasteiger partial charge in [-0.3, -0.25) is 0 Å². The second-order valence-corrected chi connectivity index (χ2v) is 3.85. The Kier molecular flexibility index (Phi) is 3.46. The van der Waals surface area contributed by atoms with E-state index in [9.17, 15) is 13.6 Å². The maximum absolute atomic E-state index is 14.1. The monoisotopic (exact) mass is 264 g/mol. The number of hydrogen-bond acceptors (Lipinski definition) is 2. The van der Waals surface area contributed by atoms with Crippen molar-refractivity contribution in [2.24, 2.45) is 0 Å². The van der Waals surface area contributed by atoms with Gasteiger partial charge in [-0.15, -0.1) is 0 Å². The lowest BCUT2D eigenvalue weighted by Crippen LogP contribution is -2.03. The number of carboxylic acid groups (broad SMARTS) is 1. The van der Waals surface area contributed by atoms with Crippen molar-refractivity contribution in [3.05, 3.63) is 53.6 Å². The van der Waals surface area contributed by atoms with Crippen LogP contribution in [0.4, 0.5) is 8.78 Å². The number of aromatic carboxylic acids is 1. The number of methoxy groups -OCH3 is 1. The van der Waals surface area contributed by atoms with Crippen molar-refractivity contribution >= 4 is 5.97 Å². The van der Waals surface area contributed by atoms with Crippen LogP contribution < -0.4 is 4.74 Å². The summed E-state index contributed by atoms with van der Waals surface area (Å²) in [4.78, 5) is 11.0. The molecule has 0 saturated heterocycles. The fraction of sp³-hybridized carbons (Fsp3) is 0.0714. The lowest BCUT2D eigenvalue weighted by Gasteiger charge is -2.09. The molecule has 2 rings (SSSR count). The van der Waals surface area contributed by atoms with E-state index >= 15 is 0 Å². The molecule has 0 atom stereocenters. The van der Waals surface area contributed by atoms with Crippen molar-refractivity contribution in [2.45, 2.75) is 0 Å². The van der Waals surface area contributed by atoms with Crippen LogP contribution in [0.25, 0.3) is 11.1 Å². The van der Waals surface area contributed by atoms with E-state index < -0.39 is 23.2 Å². The summed E-state index contributed by atoms with van der Waals surface area (Å²) in [6, 6.07) is 7.68. The predicted octanol–water partition coefficient (Wildman–Crippen LogP) is 3.34. The van der Waals surface area contributed by atoms with Crippen molar-refractivity contribution in [3.8, 4) is 16.9 Å². The Bertz CT molecular complexity index is 639. The van der Waals surface area contributed by atoms with Crippen molar-refractivity contribution in [1.82, 2.24) is 0 Å². The third kappa shape index (κ3) is 2.54. The molecule has 0 unspecified atom stereocenters. The highest BCUT2D eigenvalue weighted by Gasteiger charge is 2.18. The molecule has 1 N–H and O–H groups in total. The average Bonchev–Trinajstić information content (AvgIpc) is 2.38. The second-order valence-electron chi connectivity index (χ2n) is 3.85. The number of hydrogen-bond donors (Lipinski definition) is 1. The fourth-order valence-corrected chi connectivity index (χ4v) is 1.74. The van der Waals surface area contributed by atoms with E-state index in [2.05, 4.69) is 0 Å². The molecule has 0 heterocycles. The summed E-state index contributed by atoms with van der Waals surface area (Å²) in [5.41, 5.74) is -0.284. The number of halogens is 2. The quantitative estimate of drug-likeness (QED) is 0.924. The van der Waals surface area contributed by atoms with Crippen molar-refractivity contribution in [1.29, 1.82) is 0 Å². The summed E-state index contributed by atoms with van der Waals surface area (Å²) in [6.07, 6.45) is 0. The minimum absolute atomic E-state index is 0.0174. The Labute approximate surface area is 108 Å². The van der Waals surface area contributed by atoms with Crippen molar-refractivity contribution in [2.75, 3.05) is 7.11 Å². The van der Waals surface area contributed by atoms with Crippen molar-refractivity contribution < 1.29 is 23.4 Å². The molecule has 19 heavy (non-hydrogen) atoms. The minimum Gasteiger partial charge on any atom is -0.497 e. The molecule has 0 amide bonds. The van der Waals surface area contributed by atoms with Crippen LogP contribution in [-0.2, 0) is 0 Å². The van der Waals surface area contributed by atoms with E-state index in [1.54, 1.807) is 0 Å². The van der Waals surface area contributed by atoms with Gasteiger partial charge in [-0.1, -0.05) is 12.1 Å². The molecule has 0 spiro atoms. The molecule has 2 aromatic rings. The first-order chi connectivity index (χ1) is 9.02. The van der Waals surface area contributed by atoms with Crippen LogP contribution in [0.15, 0.2) is 36.4 Å². The van der Waals surface area contributed by atoms with Gasteiger partial charge >= 0.3 is 5.97 Å². The van der Waals surface area contributed by atoms with Gasteiger partial charge in [0.25, 0.3) is 0 Å². The van der Waals surface area contributed by atoms with Gasteiger partial charge < -0.3 is 9.84 Å². The summed E-state index contributed by atoms with van der Waals surface area (Å²) in [6.45, 7) is 0. The lowest BCUT2D eigenvalue weighted by atomic mass is 10.0. The second kappa shape index (κ2) is 5.06. The molecule has 0 aliphatic heterocycles. The number of carboxylic acids is 1. The Morgan fingerprint density at radius 1 is 1.21 bits per heavy atom. The summed E-state index contributed by atoms with van der Waals surface area (Å²) < 4.78 is 32.2. The molecule has 0 fully saturated rings. The SMILES string of the molecule is COc1cc(C(=O)O)c(F)c(-c2cccc(F)c2)c1. The first-order valence-corrected chi connectivity index (χ1v) is 5.39. The van der Waals surface area contributed by atoms with E-state index in [0.29, 0.717) is 0 Å². The first-order valence-electron chi connectivity index (χ1n) is 5.39. The van der Waals surface area contributed by atoms with E-state index in [0.717, 1.165) is 12.1 Å². The van der Waals surface area contributed by atoms with Crippen molar-refractivity contribution in [3.63, 3.8) is 0 Å². The smallest absolute Gasteiger partial charge is 0.338 e. The van der Waals surface area contributed by atoms with Gasteiger partial charge in [-0.05, 0) is 29.8 Å². The summed E-state index contributed by atoms with van der Waals surface area (Å²) in [7, 11) is 1.34. The summed E-state index contributed by atoms with van der Waals surface area (Å²) >= 11 is 0. The third-order valence-electron chi connectivity index (χ3n) is 2.65. The number of rotatable bonds is 3. The summed E-state index contributed by atoms with van der Waals surface area (Å²) in [5, 5.41) is 8.94. The topological polar surface area (TPSA) is 46.5 Å². The number of ether oxygens (including phenoxy) is 1. The molecule has 98 valence electrons. The molecule has 0 aliphatic carbocycles. The van der Waals surface area contributed by atoms with Gasteiger partial charge in [0.05, 0.1) is 12.7 Å². The first kappa shape index (κ1) is 13.0. The molecule has 0 saturated carbocycles. The molecule has 5 heteroatoms. The standard InChI is InChI=1S/C14H10F2O3/c1-19-10-6-11(8-3-2-4-9(15)5-8)13(16)12(7-10)14(17)18/h2-7H,1H3,(H,17,18). The zero-order chi connectivity index (χ0) is 14.0. The van der Waals surface area contributed by atoms with Gasteiger partial charge in [0.2, 0.25) is 0 Å². The van der Waals surface area contributed by atoms with Gasteiger partial charge in [0, 0.05) is 5.56 Å². The van der Waals surface area contributed by atoms with Crippen LogP contribution in [0.3, 0.4) is 0 Å². The number of benzene rings is 2.